The summed E-state index contributed by atoms with van der Waals surface area (Å²) in [5.41, 5.74) is 1.27. The molecular weight excluding hydrogens is 466 g/mol. The summed E-state index contributed by atoms with van der Waals surface area (Å²) in [5, 5.41) is 3.64. The van der Waals surface area contributed by atoms with E-state index < -0.39 is 0 Å². The van der Waals surface area contributed by atoms with Gasteiger partial charge in [0.05, 0.1) is 6.04 Å². The summed E-state index contributed by atoms with van der Waals surface area (Å²) < 4.78 is 3.38. The summed E-state index contributed by atoms with van der Waals surface area (Å²) in [6, 6.07) is 8.89. The molecule has 5 heteroatoms. The minimum absolute atomic E-state index is 0.235. The fourth-order valence-corrected chi connectivity index (χ4v) is 5.03. The summed E-state index contributed by atoms with van der Waals surface area (Å²) in [6.07, 6.45) is 1.12. The number of rotatable bonds is 5. The van der Waals surface area contributed by atoms with Crippen LogP contribution in [0.25, 0.3) is 0 Å². The van der Waals surface area contributed by atoms with E-state index in [2.05, 4.69) is 91.2 Å². The van der Waals surface area contributed by atoms with Gasteiger partial charge in [0.25, 0.3) is 0 Å². The lowest BCUT2D eigenvalue weighted by atomic mass is 10.1. The third kappa shape index (κ3) is 4.17. The molecule has 0 aliphatic carbocycles. The molecule has 0 saturated carbocycles. The fraction of sp³-hybridized carbons (Fsp3) is 0.333. The summed E-state index contributed by atoms with van der Waals surface area (Å²) in [4.78, 5) is 2.66. The van der Waals surface area contributed by atoms with Crippen LogP contribution in [-0.4, -0.2) is 6.54 Å². The third-order valence-electron chi connectivity index (χ3n) is 2.98. The summed E-state index contributed by atoms with van der Waals surface area (Å²) in [5.74, 6) is 0. The number of benzene rings is 1. The molecule has 0 fully saturated rings. The molecule has 0 saturated heterocycles. The fourth-order valence-electron chi connectivity index (χ4n) is 2.04. The molecule has 108 valence electrons. The smallest absolute Gasteiger partial charge is 0.0672 e. The van der Waals surface area contributed by atoms with Crippen LogP contribution in [0.15, 0.2) is 37.7 Å². The predicted octanol–water partition coefficient (Wildman–Crippen LogP) is 6.43. The van der Waals surface area contributed by atoms with Crippen LogP contribution in [0.3, 0.4) is 0 Å². The monoisotopic (exact) mass is 479 g/mol. The highest BCUT2D eigenvalue weighted by molar-refractivity contribution is 9.11. The lowest BCUT2D eigenvalue weighted by Crippen LogP contribution is -2.22. The molecule has 1 N–H and O–H groups in total. The number of hydrogen-bond donors (Lipinski definition) is 1. The average Bonchev–Trinajstić information content (AvgIpc) is 2.69. The predicted molar refractivity (Wildman–Crippen MR) is 98.7 cm³/mol. The largest absolute Gasteiger partial charge is 0.306 e. The molecule has 0 spiro atoms. The van der Waals surface area contributed by atoms with Crippen molar-refractivity contribution in [1.29, 1.82) is 0 Å². The quantitative estimate of drug-likeness (QED) is 0.518. The van der Waals surface area contributed by atoms with Gasteiger partial charge in [-0.15, -0.1) is 11.3 Å². The summed E-state index contributed by atoms with van der Waals surface area (Å²) >= 11 is 12.6. The van der Waals surface area contributed by atoms with Crippen molar-refractivity contribution in [3.05, 3.63) is 53.0 Å². The van der Waals surface area contributed by atoms with Crippen molar-refractivity contribution in [2.45, 2.75) is 26.3 Å². The van der Waals surface area contributed by atoms with Gasteiger partial charge in [0.1, 0.15) is 0 Å². The first-order valence-corrected chi connectivity index (χ1v) is 9.66. The molecule has 0 radical (unpaired) electrons. The number of hydrogen-bond acceptors (Lipinski definition) is 2. The van der Waals surface area contributed by atoms with E-state index in [0.29, 0.717) is 0 Å². The molecule has 0 aliphatic heterocycles. The zero-order chi connectivity index (χ0) is 14.7. The van der Waals surface area contributed by atoms with Crippen LogP contribution in [0.4, 0.5) is 0 Å². The van der Waals surface area contributed by atoms with E-state index in [0.717, 1.165) is 21.9 Å². The number of nitrogens with one attached hydrogen (secondary N) is 1. The van der Waals surface area contributed by atoms with Crippen LogP contribution >= 0.6 is 59.1 Å². The van der Waals surface area contributed by atoms with Gasteiger partial charge in [-0.05, 0) is 65.6 Å². The second kappa shape index (κ2) is 7.54. The molecule has 1 heterocycles. The van der Waals surface area contributed by atoms with Crippen LogP contribution in [-0.2, 0) is 0 Å². The lowest BCUT2D eigenvalue weighted by molar-refractivity contribution is 0.605. The van der Waals surface area contributed by atoms with Crippen molar-refractivity contribution >= 4 is 59.1 Å². The van der Waals surface area contributed by atoms with Crippen LogP contribution in [0.1, 0.15) is 34.7 Å². The maximum absolute atomic E-state index is 3.64. The maximum atomic E-state index is 3.64. The molecule has 1 nitrogen and oxygen atoms in total. The van der Waals surface area contributed by atoms with Crippen LogP contribution in [0.5, 0.6) is 0 Å². The van der Waals surface area contributed by atoms with Gasteiger partial charge < -0.3 is 5.32 Å². The second-order valence-electron chi connectivity index (χ2n) is 4.64. The Morgan fingerprint density at radius 1 is 1.10 bits per heavy atom. The molecule has 1 aromatic heterocycles. The first-order valence-electron chi connectivity index (χ1n) is 6.46. The van der Waals surface area contributed by atoms with Crippen molar-refractivity contribution in [2.75, 3.05) is 6.54 Å². The van der Waals surface area contributed by atoms with Gasteiger partial charge in [0.2, 0.25) is 0 Å². The highest BCUT2D eigenvalue weighted by atomic mass is 79.9. The van der Waals surface area contributed by atoms with Crippen LogP contribution in [0, 0.1) is 6.92 Å². The Kier molecular flexibility index (Phi) is 6.29. The maximum Gasteiger partial charge on any atom is 0.0672 e. The average molecular weight is 482 g/mol. The SMILES string of the molecule is CCCNC(c1cc(Br)cc(Br)c1)c1cc(Br)c(C)s1. The van der Waals surface area contributed by atoms with Gasteiger partial charge >= 0.3 is 0 Å². The Morgan fingerprint density at radius 2 is 1.75 bits per heavy atom. The van der Waals surface area contributed by atoms with E-state index >= 15 is 0 Å². The summed E-state index contributed by atoms with van der Waals surface area (Å²) in [6.45, 7) is 5.34. The minimum atomic E-state index is 0.235. The van der Waals surface area contributed by atoms with E-state index in [-0.39, 0.29) is 6.04 Å². The van der Waals surface area contributed by atoms with E-state index in [9.17, 15) is 0 Å². The molecule has 1 aromatic carbocycles. The van der Waals surface area contributed by atoms with Crippen molar-refractivity contribution in [3.63, 3.8) is 0 Å². The zero-order valence-corrected chi connectivity index (χ0v) is 16.9. The summed E-state index contributed by atoms with van der Waals surface area (Å²) in [7, 11) is 0. The number of halogens is 3. The Morgan fingerprint density at radius 3 is 2.25 bits per heavy atom. The first kappa shape index (κ1) is 16.7. The highest BCUT2D eigenvalue weighted by Gasteiger charge is 2.17. The van der Waals surface area contributed by atoms with Crippen LogP contribution < -0.4 is 5.32 Å². The molecule has 0 bridgehead atoms. The van der Waals surface area contributed by atoms with E-state index in [1.807, 2.05) is 11.3 Å². The van der Waals surface area contributed by atoms with Crippen molar-refractivity contribution in [2.24, 2.45) is 0 Å². The van der Waals surface area contributed by atoms with E-state index in [1.54, 1.807) is 0 Å². The molecule has 1 atom stereocenters. The van der Waals surface area contributed by atoms with E-state index in [4.69, 9.17) is 0 Å². The van der Waals surface area contributed by atoms with Gasteiger partial charge in [0, 0.05) is 23.2 Å². The Hall–Kier alpha value is 0.320. The van der Waals surface area contributed by atoms with Gasteiger partial charge in [-0.2, -0.15) is 0 Å². The zero-order valence-electron chi connectivity index (χ0n) is 11.3. The van der Waals surface area contributed by atoms with Gasteiger partial charge in [-0.3, -0.25) is 0 Å². The normalized spacial score (nSPS) is 12.7. The highest BCUT2D eigenvalue weighted by Crippen LogP contribution is 2.35. The number of thiophene rings is 1. The van der Waals surface area contributed by atoms with Crippen molar-refractivity contribution in [3.8, 4) is 0 Å². The third-order valence-corrected chi connectivity index (χ3v) is 6.09. The Bertz CT molecular complexity index is 555. The molecule has 2 rings (SSSR count). The van der Waals surface area contributed by atoms with Gasteiger partial charge in [-0.1, -0.05) is 38.8 Å². The topological polar surface area (TPSA) is 12.0 Å². The van der Waals surface area contributed by atoms with Gasteiger partial charge in [0.15, 0.2) is 0 Å². The molecular formula is C15H16Br3NS. The molecule has 0 aliphatic rings. The van der Waals surface area contributed by atoms with Crippen LogP contribution in [0.2, 0.25) is 0 Å². The second-order valence-corrected chi connectivity index (χ2v) is 8.62. The van der Waals surface area contributed by atoms with Crippen molar-refractivity contribution < 1.29 is 0 Å². The number of aryl methyl sites for hydroxylation is 1. The molecule has 20 heavy (non-hydrogen) atoms. The van der Waals surface area contributed by atoms with E-state index in [1.165, 1.54) is 19.8 Å². The molecule has 2 aromatic rings. The minimum Gasteiger partial charge on any atom is -0.306 e. The van der Waals surface area contributed by atoms with Crippen molar-refractivity contribution in [1.82, 2.24) is 5.32 Å². The molecule has 1 unspecified atom stereocenters. The standard InChI is InChI=1S/C15H16Br3NS/c1-3-4-19-15(14-8-13(18)9(2)20-14)10-5-11(16)7-12(17)6-10/h5-8,15,19H,3-4H2,1-2H3. The lowest BCUT2D eigenvalue weighted by Gasteiger charge is -2.18. The van der Waals surface area contributed by atoms with Gasteiger partial charge in [-0.25, -0.2) is 0 Å². The Labute approximate surface area is 149 Å². The first-order chi connectivity index (χ1) is 9.51. The Balaban J connectivity index is 2.40. The molecule has 0 amide bonds.